The predicted molar refractivity (Wildman–Crippen MR) is 66.4 cm³/mol. The van der Waals surface area contributed by atoms with Crippen LogP contribution < -0.4 is 10.5 Å². The lowest BCUT2D eigenvalue weighted by Crippen LogP contribution is -2.38. The number of halogens is 1. The summed E-state index contributed by atoms with van der Waals surface area (Å²) in [6, 6.07) is 1.64. The topological polar surface area (TPSA) is 60.6 Å². The van der Waals surface area contributed by atoms with Crippen molar-refractivity contribution < 1.29 is 9.47 Å². The van der Waals surface area contributed by atoms with E-state index in [0.29, 0.717) is 23.2 Å². The molecule has 2 rings (SSSR count). The molecule has 6 heteroatoms. The minimum absolute atomic E-state index is 0.439. The lowest BCUT2D eigenvalue weighted by molar-refractivity contribution is 0.0320. The molecule has 17 heavy (non-hydrogen) atoms. The van der Waals surface area contributed by atoms with Crippen molar-refractivity contribution in [2.45, 2.75) is 0 Å². The minimum Gasteiger partial charge on any atom is -0.475 e. The van der Waals surface area contributed by atoms with Crippen molar-refractivity contribution in [3.8, 4) is 5.88 Å². The summed E-state index contributed by atoms with van der Waals surface area (Å²) in [6.07, 6.45) is 1.54. The predicted octanol–water partition coefficient (Wildman–Crippen LogP) is 1.03. The van der Waals surface area contributed by atoms with Gasteiger partial charge in [-0.3, -0.25) is 4.90 Å². The molecule has 2 heterocycles. The molecule has 2 N–H and O–H groups in total. The molecule has 0 aliphatic carbocycles. The van der Waals surface area contributed by atoms with E-state index >= 15 is 0 Å². The summed E-state index contributed by atoms with van der Waals surface area (Å²) in [4.78, 5) is 6.32. The fraction of sp³-hybridized carbons (Fsp3) is 0.545. The Labute approximate surface area is 105 Å². The summed E-state index contributed by atoms with van der Waals surface area (Å²) in [5, 5.41) is 0.451. The van der Waals surface area contributed by atoms with Crippen LogP contribution in [-0.2, 0) is 4.74 Å². The normalized spacial score (nSPS) is 17.0. The van der Waals surface area contributed by atoms with Crippen LogP contribution in [0.1, 0.15) is 0 Å². The van der Waals surface area contributed by atoms with E-state index < -0.39 is 0 Å². The van der Waals surface area contributed by atoms with Crippen LogP contribution in [0.4, 0.5) is 5.69 Å². The average Bonchev–Trinajstić information content (AvgIpc) is 2.33. The van der Waals surface area contributed by atoms with Crippen molar-refractivity contribution in [1.82, 2.24) is 9.88 Å². The lowest BCUT2D eigenvalue weighted by atomic mass is 10.4. The summed E-state index contributed by atoms with van der Waals surface area (Å²) >= 11 is 5.95. The number of anilines is 1. The minimum atomic E-state index is 0.439. The SMILES string of the molecule is Nc1cnc(OCCN2CCOCC2)c(Cl)c1. The van der Waals surface area contributed by atoms with Crippen LogP contribution in [0.5, 0.6) is 5.88 Å². The zero-order valence-electron chi connectivity index (χ0n) is 9.56. The van der Waals surface area contributed by atoms with Gasteiger partial charge in [0.25, 0.3) is 0 Å². The van der Waals surface area contributed by atoms with E-state index in [2.05, 4.69) is 9.88 Å². The zero-order valence-corrected chi connectivity index (χ0v) is 10.3. The lowest BCUT2D eigenvalue weighted by Gasteiger charge is -2.26. The van der Waals surface area contributed by atoms with Gasteiger partial charge in [0.05, 0.1) is 25.1 Å². The van der Waals surface area contributed by atoms with E-state index in [-0.39, 0.29) is 0 Å². The fourth-order valence-corrected chi connectivity index (χ4v) is 1.87. The van der Waals surface area contributed by atoms with Gasteiger partial charge in [0, 0.05) is 19.6 Å². The Balaban J connectivity index is 1.77. The van der Waals surface area contributed by atoms with Crippen molar-refractivity contribution in [1.29, 1.82) is 0 Å². The highest BCUT2D eigenvalue weighted by molar-refractivity contribution is 6.32. The van der Waals surface area contributed by atoms with Crippen molar-refractivity contribution in [3.63, 3.8) is 0 Å². The Morgan fingerprint density at radius 3 is 2.94 bits per heavy atom. The molecule has 0 spiro atoms. The molecule has 5 nitrogen and oxygen atoms in total. The first-order valence-corrected chi connectivity index (χ1v) is 5.97. The second kappa shape index (κ2) is 6.05. The molecule has 0 amide bonds. The van der Waals surface area contributed by atoms with E-state index in [4.69, 9.17) is 26.8 Å². The third kappa shape index (κ3) is 3.73. The fourth-order valence-electron chi connectivity index (χ4n) is 1.64. The molecule has 0 radical (unpaired) electrons. The molecule has 1 aliphatic heterocycles. The largest absolute Gasteiger partial charge is 0.475 e. The van der Waals surface area contributed by atoms with Crippen LogP contribution in [0.3, 0.4) is 0 Å². The number of nitrogens with two attached hydrogens (primary N) is 1. The quantitative estimate of drug-likeness (QED) is 0.873. The van der Waals surface area contributed by atoms with Gasteiger partial charge in [0.15, 0.2) is 0 Å². The first-order valence-electron chi connectivity index (χ1n) is 5.59. The average molecular weight is 258 g/mol. The van der Waals surface area contributed by atoms with Gasteiger partial charge in [0.2, 0.25) is 5.88 Å². The van der Waals surface area contributed by atoms with E-state index in [1.165, 1.54) is 6.20 Å². The Morgan fingerprint density at radius 2 is 2.24 bits per heavy atom. The highest BCUT2D eigenvalue weighted by Crippen LogP contribution is 2.23. The summed E-state index contributed by atoms with van der Waals surface area (Å²) in [5.74, 6) is 0.439. The second-order valence-corrected chi connectivity index (χ2v) is 4.27. The molecule has 0 bridgehead atoms. The number of morpholine rings is 1. The van der Waals surface area contributed by atoms with E-state index in [1.807, 2.05) is 0 Å². The Morgan fingerprint density at radius 1 is 1.47 bits per heavy atom. The summed E-state index contributed by atoms with van der Waals surface area (Å²) in [6.45, 7) is 4.91. The van der Waals surface area contributed by atoms with Gasteiger partial charge in [-0.15, -0.1) is 0 Å². The zero-order chi connectivity index (χ0) is 12.1. The summed E-state index contributed by atoms with van der Waals surface area (Å²) in [7, 11) is 0. The van der Waals surface area contributed by atoms with E-state index in [1.54, 1.807) is 6.07 Å². The third-order valence-electron chi connectivity index (χ3n) is 2.58. The molecule has 0 atom stereocenters. The van der Waals surface area contributed by atoms with Crippen molar-refractivity contribution >= 4 is 17.3 Å². The summed E-state index contributed by atoms with van der Waals surface area (Å²) in [5.41, 5.74) is 6.09. The molecular formula is C11H16ClN3O2. The smallest absolute Gasteiger partial charge is 0.232 e. The Bertz CT molecular complexity index is 370. The van der Waals surface area contributed by atoms with Gasteiger partial charge in [-0.25, -0.2) is 4.98 Å². The van der Waals surface area contributed by atoms with Gasteiger partial charge >= 0.3 is 0 Å². The number of ether oxygens (including phenoxy) is 2. The van der Waals surface area contributed by atoms with Gasteiger partial charge in [0.1, 0.15) is 11.6 Å². The monoisotopic (exact) mass is 257 g/mol. The number of rotatable bonds is 4. The van der Waals surface area contributed by atoms with Crippen molar-refractivity contribution in [2.75, 3.05) is 45.2 Å². The molecule has 1 aliphatic rings. The van der Waals surface area contributed by atoms with Gasteiger partial charge in [-0.2, -0.15) is 0 Å². The van der Waals surface area contributed by atoms with E-state index in [9.17, 15) is 0 Å². The third-order valence-corrected chi connectivity index (χ3v) is 2.85. The number of aromatic nitrogens is 1. The number of nitrogen functional groups attached to an aromatic ring is 1. The van der Waals surface area contributed by atoms with Crippen LogP contribution in [0.2, 0.25) is 5.02 Å². The number of hydrogen-bond donors (Lipinski definition) is 1. The highest BCUT2D eigenvalue weighted by Gasteiger charge is 2.10. The molecule has 94 valence electrons. The van der Waals surface area contributed by atoms with E-state index in [0.717, 1.165) is 32.8 Å². The summed E-state index contributed by atoms with van der Waals surface area (Å²) < 4.78 is 10.8. The molecule has 0 aromatic carbocycles. The highest BCUT2D eigenvalue weighted by atomic mass is 35.5. The maximum atomic E-state index is 5.95. The number of nitrogens with zero attached hydrogens (tertiary/aromatic N) is 2. The van der Waals surface area contributed by atoms with Crippen LogP contribution in [0.15, 0.2) is 12.3 Å². The Hall–Kier alpha value is -1.04. The van der Waals surface area contributed by atoms with Crippen molar-refractivity contribution in [2.24, 2.45) is 0 Å². The molecule has 1 saturated heterocycles. The maximum absolute atomic E-state index is 5.95. The Kier molecular flexibility index (Phi) is 4.42. The van der Waals surface area contributed by atoms with Crippen LogP contribution in [-0.4, -0.2) is 49.3 Å². The second-order valence-electron chi connectivity index (χ2n) is 3.86. The first-order chi connectivity index (χ1) is 8.25. The van der Waals surface area contributed by atoms with Gasteiger partial charge in [-0.05, 0) is 6.07 Å². The molecule has 1 fully saturated rings. The van der Waals surface area contributed by atoms with Gasteiger partial charge in [-0.1, -0.05) is 11.6 Å². The number of hydrogen-bond acceptors (Lipinski definition) is 5. The van der Waals surface area contributed by atoms with Crippen LogP contribution >= 0.6 is 11.6 Å². The molecule has 0 unspecified atom stereocenters. The van der Waals surface area contributed by atoms with Crippen LogP contribution in [0, 0.1) is 0 Å². The van der Waals surface area contributed by atoms with Crippen molar-refractivity contribution in [3.05, 3.63) is 17.3 Å². The van der Waals surface area contributed by atoms with Gasteiger partial charge < -0.3 is 15.2 Å². The molecule has 1 aromatic rings. The van der Waals surface area contributed by atoms with Crippen LogP contribution in [0.25, 0.3) is 0 Å². The maximum Gasteiger partial charge on any atom is 0.232 e. The molecule has 1 aromatic heterocycles. The standard InChI is InChI=1S/C11H16ClN3O2/c12-10-7-9(13)8-14-11(10)17-6-3-15-1-4-16-5-2-15/h7-8H,1-6,13H2. The number of pyridine rings is 1. The molecular weight excluding hydrogens is 242 g/mol. The first kappa shape index (κ1) is 12.4. The molecule has 0 saturated carbocycles.